The van der Waals surface area contributed by atoms with Crippen LogP contribution in [-0.2, 0) is 23.0 Å². The normalized spacial score (nSPS) is 11.7. The molecule has 0 atom stereocenters. The second-order valence-electron chi connectivity index (χ2n) is 12.1. The van der Waals surface area contributed by atoms with Crippen molar-refractivity contribution in [2.24, 2.45) is 0 Å². The fraction of sp³-hybridized carbons (Fsp3) is 0.722. The Bertz CT molecular complexity index is 1030. The van der Waals surface area contributed by atoms with Crippen LogP contribution in [0.4, 0.5) is 0 Å². The Morgan fingerprint density at radius 2 is 0.902 bits per heavy atom. The summed E-state index contributed by atoms with van der Waals surface area (Å²) in [6, 6.07) is 9.35. The minimum absolute atomic E-state index is 0. The Morgan fingerprint density at radius 1 is 0.537 bits per heavy atom. The predicted octanol–water partition coefficient (Wildman–Crippen LogP) is 8.45. The van der Waals surface area contributed by atoms with Crippen LogP contribution >= 0.6 is 0 Å². The third-order valence-electron chi connectivity index (χ3n) is 8.56. The zero-order valence-electron chi connectivity index (χ0n) is 27.0. The molecule has 0 N–H and O–H groups in total. The van der Waals surface area contributed by atoms with E-state index in [0.29, 0.717) is 5.39 Å². The molecule has 41 heavy (non-hydrogen) atoms. The van der Waals surface area contributed by atoms with Crippen LogP contribution < -0.4 is 29.6 Å². The van der Waals surface area contributed by atoms with E-state index in [1.54, 1.807) is 12.1 Å². The molecule has 0 spiro atoms. The summed E-state index contributed by atoms with van der Waals surface area (Å²) < 4.78 is 36.5. The average Bonchev–Trinajstić information content (AvgIpc) is 2.94. The molecule has 2 aromatic rings. The summed E-state index contributed by atoms with van der Waals surface area (Å²) in [7, 11) is -4.52. The molecule has 0 unspecified atom stereocenters. The van der Waals surface area contributed by atoms with Gasteiger partial charge in [0.25, 0.3) is 0 Å². The molecular weight excluding hydrogens is 535 g/mol. The van der Waals surface area contributed by atoms with Crippen molar-refractivity contribution in [3.63, 3.8) is 0 Å². The Morgan fingerprint density at radius 3 is 1.32 bits per heavy atom. The van der Waals surface area contributed by atoms with E-state index in [-0.39, 0.29) is 34.5 Å². The average molecular weight is 595 g/mol. The van der Waals surface area contributed by atoms with E-state index in [2.05, 4.69) is 13.8 Å². The van der Waals surface area contributed by atoms with E-state index in [4.69, 9.17) is 0 Å². The molecule has 0 aromatic heterocycles. The maximum atomic E-state index is 12.2. The predicted molar refractivity (Wildman–Crippen MR) is 172 cm³/mol. The van der Waals surface area contributed by atoms with Crippen molar-refractivity contribution in [3.05, 3.63) is 41.5 Å². The van der Waals surface area contributed by atoms with Gasteiger partial charge in [0.1, 0.15) is 10.1 Å². The second-order valence-corrected chi connectivity index (χ2v) is 13.4. The van der Waals surface area contributed by atoms with Gasteiger partial charge in [-0.05, 0) is 53.6 Å². The molecule has 0 bridgehead atoms. The van der Waals surface area contributed by atoms with Gasteiger partial charge in [-0.2, -0.15) is 0 Å². The number of hydrogen-bond donors (Lipinski definition) is 0. The molecule has 2 aromatic carbocycles. The van der Waals surface area contributed by atoms with Gasteiger partial charge in [0, 0.05) is 0 Å². The van der Waals surface area contributed by atoms with Crippen molar-refractivity contribution in [2.45, 2.75) is 173 Å². The Labute approximate surface area is 276 Å². The molecule has 228 valence electrons. The minimum Gasteiger partial charge on any atom is -0.744 e. The quantitative estimate of drug-likeness (QED) is 0.0658. The number of rotatable bonds is 25. The van der Waals surface area contributed by atoms with Crippen LogP contribution in [0, 0.1) is 0 Å². The molecular formula is C36H59NaO3S. The monoisotopic (exact) mass is 594 g/mol. The van der Waals surface area contributed by atoms with E-state index < -0.39 is 10.1 Å². The van der Waals surface area contributed by atoms with Gasteiger partial charge in [-0.15, -0.1) is 0 Å². The van der Waals surface area contributed by atoms with Crippen LogP contribution in [0.3, 0.4) is 0 Å². The molecule has 0 fully saturated rings. The molecule has 0 heterocycles. The largest absolute Gasteiger partial charge is 1.00 e. The number of hydrogen-bond acceptors (Lipinski definition) is 3. The summed E-state index contributed by atoms with van der Waals surface area (Å²) in [6.45, 7) is 4.53. The Kier molecular flexibility index (Phi) is 22.6. The zero-order valence-corrected chi connectivity index (χ0v) is 29.8. The van der Waals surface area contributed by atoms with Crippen LogP contribution in [0.1, 0.15) is 166 Å². The van der Waals surface area contributed by atoms with Crippen molar-refractivity contribution in [1.29, 1.82) is 0 Å². The molecule has 2 rings (SSSR count). The molecule has 3 nitrogen and oxygen atoms in total. The van der Waals surface area contributed by atoms with Crippen LogP contribution in [0.15, 0.2) is 35.2 Å². The molecule has 0 saturated heterocycles. The van der Waals surface area contributed by atoms with E-state index in [1.165, 1.54) is 134 Å². The van der Waals surface area contributed by atoms with Gasteiger partial charge >= 0.3 is 29.6 Å². The van der Waals surface area contributed by atoms with Gasteiger partial charge in [-0.25, -0.2) is 8.42 Å². The molecule has 5 heteroatoms. The first-order chi connectivity index (χ1) is 19.5. The maximum Gasteiger partial charge on any atom is 1.00 e. The number of benzene rings is 2. The first-order valence-electron chi connectivity index (χ1n) is 17.0. The van der Waals surface area contributed by atoms with Crippen LogP contribution in [0.2, 0.25) is 0 Å². The first-order valence-corrected chi connectivity index (χ1v) is 18.4. The van der Waals surface area contributed by atoms with Gasteiger partial charge in [-0.1, -0.05) is 167 Å². The Hall–Kier alpha value is -0.390. The van der Waals surface area contributed by atoms with Crippen molar-refractivity contribution >= 4 is 20.9 Å². The van der Waals surface area contributed by atoms with Crippen molar-refractivity contribution in [3.8, 4) is 0 Å². The smallest absolute Gasteiger partial charge is 0.744 e. The minimum atomic E-state index is -4.52. The summed E-state index contributed by atoms with van der Waals surface area (Å²) in [5.41, 5.74) is 2.35. The van der Waals surface area contributed by atoms with E-state index in [0.717, 1.165) is 36.6 Å². The van der Waals surface area contributed by atoms with Gasteiger partial charge < -0.3 is 4.55 Å². The van der Waals surface area contributed by atoms with Gasteiger partial charge in [0.05, 0.1) is 4.90 Å². The number of aryl methyl sites for hydroxylation is 2. The van der Waals surface area contributed by atoms with Gasteiger partial charge in [-0.3, -0.25) is 0 Å². The molecule has 0 aliphatic carbocycles. The Balaban J connectivity index is 0.00000840. The van der Waals surface area contributed by atoms with Crippen LogP contribution in [0.25, 0.3) is 10.8 Å². The maximum absolute atomic E-state index is 12.2. The van der Waals surface area contributed by atoms with Crippen LogP contribution in [-0.4, -0.2) is 13.0 Å². The van der Waals surface area contributed by atoms with Crippen molar-refractivity contribution in [2.75, 3.05) is 0 Å². The fourth-order valence-corrected chi connectivity index (χ4v) is 6.86. The standard InChI is InChI=1S/C36H60O3S.Na/c1-3-5-7-9-11-13-15-17-19-21-23-27-32-31-36(40(37,38)39)35-30-26-25-29-34(35)33(32)28-24-22-20-18-16-14-12-10-8-6-4-2;/h25-26,29-31H,3-24,27-28H2,1-2H3,(H,37,38,39);/q;+1/p-1. The van der Waals surface area contributed by atoms with E-state index in [9.17, 15) is 13.0 Å². The molecule has 0 radical (unpaired) electrons. The summed E-state index contributed by atoms with van der Waals surface area (Å²) in [5.74, 6) is 0. The van der Waals surface area contributed by atoms with Gasteiger partial charge in [0.15, 0.2) is 0 Å². The molecule has 0 amide bonds. The summed E-state index contributed by atoms with van der Waals surface area (Å²) in [4.78, 5) is -0.0381. The summed E-state index contributed by atoms with van der Waals surface area (Å²) in [6.07, 6.45) is 30.5. The third kappa shape index (κ3) is 16.3. The van der Waals surface area contributed by atoms with Crippen molar-refractivity contribution in [1.82, 2.24) is 0 Å². The topological polar surface area (TPSA) is 57.2 Å². The molecule has 0 aliphatic heterocycles. The van der Waals surface area contributed by atoms with Crippen LogP contribution in [0.5, 0.6) is 0 Å². The third-order valence-corrected chi connectivity index (χ3v) is 9.44. The van der Waals surface area contributed by atoms with E-state index in [1.807, 2.05) is 18.2 Å². The summed E-state index contributed by atoms with van der Waals surface area (Å²) >= 11 is 0. The van der Waals surface area contributed by atoms with Gasteiger partial charge in [0.2, 0.25) is 0 Å². The number of unbranched alkanes of at least 4 members (excludes halogenated alkanes) is 20. The second kappa shape index (κ2) is 24.0. The molecule has 0 aliphatic rings. The fourth-order valence-electron chi connectivity index (χ4n) is 6.13. The van der Waals surface area contributed by atoms with Crippen molar-refractivity contribution < 1.29 is 42.5 Å². The first kappa shape index (κ1) is 38.6. The zero-order chi connectivity index (χ0) is 28.9. The SMILES string of the molecule is CCCCCCCCCCCCCc1cc(S(=O)(=O)[O-])c2ccccc2c1CCCCCCCCCCCCC.[Na+]. The summed E-state index contributed by atoms with van der Waals surface area (Å²) in [5, 5.41) is 1.56. The molecule has 0 saturated carbocycles. The van der Waals surface area contributed by atoms with E-state index >= 15 is 0 Å². The number of fused-ring (bicyclic) bond motifs is 1.